The van der Waals surface area contributed by atoms with Gasteiger partial charge in [-0.3, -0.25) is 4.79 Å². The summed E-state index contributed by atoms with van der Waals surface area (Å²) in [4.78, 5) is 11.1. The van der Waals surface area contributed by atoms with Gasteiger partial charge in [0, 0.05) is 6.42 Å². The summed E-state index contributed by atoms with van der Waals surface area (Å²) in [7, 11) is -3.60. The molecule has 1 rings (SSSR count). The van der Waals surface area contributed by atoms with Gasteiger partial charge in [-0.05, 0) is 38.4 Å². The summed E-state index contributed by atoms with van der Waals surface area (Å²) in [6, 6.07) is 4.56. The molecule has 1 N–H and O–H groups in total. The first kappa shape index (κ1) is 19.2. The van der Waals surface area contributed by atoms with Gasteiger partial charge in [-0.2, -0.15) is 0 Å². The number of unbranched alkanes of at least 4 members (excludes halogenated alkanes) is 1. The number of hydrogen-bond acceptors (Lipinski definition) is 5. The number of halogens is 2. The Labute approximate surface area is 140 Å². The Bertz CT molecular complexity index is 585. The number of sulfone groups is 1. The average molecular weight is 368 g/mol. The lowest BCUT2D eigenvalue weighted by molar-refractivity contribution is -0.143. The smallest absolute Gasteiger partial charge is 0.305 e. The molecule has 0 heterocycles. The predicted molar refractivity (Wildman–Crippen MR) is 87.0 cm³/mol. The van der Waals surface area contributed by atoms with Gasteiger partial charge in [0.15, 0.2) is 9.84 Å². The molecule has 0 aliphatic rings. The van der Waals surface area contributed by atoms with Gasteiger partial charge in [-0.15, -0.1) is 0 Å². The van der Waals surface area contributed by atoms with Crippen LogP contribution >= 0.6 is 23.2 Å². The zero-order valence-corrected chi connectivity index (χ0v) is 14.6. The summed E-state index contributed by atoms with van der Waals surface area (Å²) < 4.78 is 29.2. The Morgan fingerprint density at radius 2 is 1.86 bits per heavy atom. The molecule has 0 fully saturated rings. The SMILES string of the molecule is CCOC(=O)CCCCNCS(=O)(=O)c1c(Cl)cccc1Cl. The van der Waals surface area contributed by atoms with Gasteiger partial charge in [0.05, 0.1) is 16.7 Å². The third kappa shape index (κ3) is 6.12. The van der Waals surface area contributed by atoms with Crippen molar-refractivity contribution in [3.63, 3.8) is 0 Å². The van der Waals surface area contributed by atoms with E-state index >= 15 is 0 Å². The average Bonchev–Trinajstić information content (AvgIpc) is 2.42. The van der Waals surface area contributed by atoms with Crippen LogP contribution in [0.15, 0.2) is 23.1 Å². The molecule has 0 unspecified atom stereocenters. The van der Waals surface area contributed by atoms with E-state index in [4.69, 9.17) is 27.9 Å². The maximum absolute atomic E-state index is 12.2. The van der Waals surface area contributed by atoms with Crippen molar-refractivity contribution < 1.29 is 17.9 Å². The number of ether oxygens (including phenoxy) is 1. The van der Waals surface area contributed by atoms with E-state index in [2.05, 4.69) is 5.32 Å². The lowest BCUT2D eigenvalue weighted by Crippen LogP contribution is -2.24. The second-order valence-corrected chi connectivity index (χ2v) is 7.31. The summed E-state index contributed by atoms with van der Waals surface area (Å²) in [5, 5.41) is 3.04. The fourth-order valence-electron chi connectivity index (χ4n) is 1.81. The van der Waals surface area contributed by atoms with Crippen molar-refractivity contribution in [1.82, 2.24) is 5.32 Å². The van der Waals surface area contributed by atoms with Crippen LogP contribution in [0.4, 0.5) is 0 Å². The second kappa shape index (κ2) is 9.35. The third-order valence-corrected chi connectivity index (χ3v) is 5.31. The van der Waals surface area contributed by atoms with Gasteiger partial charge in [0.25, 0.3) is 0 Å². The van der Waals surface area contributed by atoms with Crippen LogP contribution in [0.1, 0.15) is 26.2 Å². The largest absolute Gasteiger partial charge is 0.466 e. The summed E-state index contributed by atoms with van der Waals surface area (Å²) in [5.74, 6) is -0.492. The summed E-state index contributed by atoms with van der Waals surface area (Å²) in [6.45, 7) is 2.60. The van der Waals surface area contributed by atoms with Crippen LogP contribution in [0.5, 0.6) is 0 Å². The molecular formula is C14H19Cl2NO4S. The fraction of sp³-hybridized carbons (Fsp3) is 0.500. The Hall–Kier alpha value is -0.820. The molecule has 0 aliphatic carbocycles. The van der Waals surface area contributed by atoms with E-state index in [1.165, 1.54) is 12.1 Å². The van der Waals surface area contributed by atoms with Crippen molar-refractivity contribution in [2.24, 2.45) is 0 Å². The van der Waals surface area contributed by atoms with Crippen LogP contribution in [0.2, 0.25) is 10.0 Å². The Morgan fingerprint density at radius 1 is 1.23 bits per heavy atom. The normalized spacial score (nSPS) is 11.4. The number of benzene rings is 1. The van der Waals surface area contributed by atoms with E-state index in [1.807, 2.05) is 0 Å². The van der Waals surface area contributed by atoms with Gasteiger partial charge >= 0.3 is 5.97 Å². The molecule has 0 saturated heterocycles. The lowest BCUT2D eigenvalue weighted by Gasteiger charge is -2.09. The highest BCUT2D eigenvalue weighted by Gasteiger charge is 2.20. The van der Waals surface area contributed by atoms with E-state index in [0.29, 0.717) is 32.4 Å². The van der Waals surface area contributed by atoms with Crippen LogP contribution in [-0.2, 0) is 19.4 Å². The second-order valence-electron chi connectivity index (χ2n) is 4.57. The number of hydrogen-bond donors (Lipinski definition) is 1. The molecular weight excluding hydrogens is 349 g/mol. The minimum Gasteiger partial charge on any atom is -0.466 e. The maximum atomic E-state index is 12.2. The molecule has 0 aliphatic heterocycles. The van der Waals surface area contributed by atoms with Crippen LogP contribution < -0.4 is 5.32 Å². The van der Waals surface area contributed by atoms with E-state index in [9.17, 15) is 13.2 Å². The maximum Gasteiger partial charge on any atom is 0.305 e. The number of carbonyl (C=O) groups is 1. The Kier molecular flexibility index (Phi) is 8.17. The van der Waals surface area contributed by atoms with Gasteiger partial charge in [-0.25, -0.2) is 8.42 Å². The molecule has 1 aromatic rings. The molecule has 124 valence electrons. The highest BCUT2D eigenvalue weighted by atomic mass is 35.5. The molecule has 1 aromatic carbocycles. The van der Waals surface area contributed by atoms with Crippen molar-refractivity contribution in [3.8, 4) is 0 Å². The highest BCUT2D eigenvalue weighted by molar-refractivity contribution is 7.91. The minimum atomic E-state index is -3.60. The quantitative estimate of drug-likeness (QED) is 0.536. The van der Waals surface area contributed by atoms with Crippen LogP contribution in [0.25, 0.3) is 0 Å². The van der Waals surface area contributed by atoms with Crippen molar-refractivity contribution >= 4 is 39.0 Å². The molecule has 22 heavy (non-hydrogen) atoms. The molecule has 0 spiro atoms. The number of esters is 1. The minimum absolute atomic E-state index is 0.0580. The first-order valence-electron chi connectivity index (χ1n) is 6.91. The predicted octanol–water partition coefficient (Wildman–Crippen LogP) is 3.05. The molecule has 0 atom stereocenters. The summed E-state index contributed by atoms with van der Waals surface area (Å²) >= 11 is 11.8. The monoisotopic (exact) mass is 367 g/mol. The first-order valence-corrected chi connectivity index (χ1v) is 9.32. The Balaban J connectivity index is 2.40. The van der Waals surface area contributed by atoms with Gasteiger partial charge in [-0.1, -0.05) is 29.3 Å². The summed E-state index contributed by atoms with van der Waals surface area (Å²) in [6.07, 6.45) is 1.64. The molecule has 0 radical (unpaired) electrons. The van der Waals surface area contributed by atoms with Crippen molar-refractivity contribution in [3.05, 3.63) is 28.2 Å². The van der Waals surface area contributed by atoms with E-state index < -0.39 is 9.84 Å². The molecule has 5 nitrogen and oxygen atoms in total. The fourth-order valence-corrected chi connectivity index (χ4v) is 4.20. The number of rotatable bonds is 9. The van der Waals surface area contributed by atoms with Gasteiger partial charge in [0.1, 0.15) is 10.8 Å². The standard InChI is InChI=1S/C14H19Cl2NO4S/c1-2-21-13(18)8-3-4-9-17-10-22(19,20)14-11(15)6-5-7-12(14)16/h5-7,17H,2-4,8-10H2,1H3. The van der Waals surface area contributed by atoms with Gasteiger partial charge in [0.2, 0.25) is 0 Å². The lowest BCUT2D eigenvalue weighted by atomic mass is 10.2. The Morgan fingerprint density at radius 3 is 2.45 bits per heavy atom. The molecule has 0 bridgehead atoms. The molecule has 8 heteroatoms. The van der Waals surface area contributed by atoms with Gasteiger partial charge < -0.3 is 10.1 Å². The topological polar surface area (TPSA) is 72.5 Å². The van der Waals surface area contributed by atoms with Crippen molar-refractivity contribution in [2.45, 2.75) is 31.1 Å². The highest BCUT2D eigenvalue weighted by Crippen LogP contribution is 2.29. The van der Waals surface area contributed by atoms with Crippen molar-refractivity contribution in [1.29, 1.82) is 0 Å². The van der Waals surface area contributed by atoms with Crippen molar-refractivity contribution in [2.75, 3.05) is 19.0 Å². The van der Waals surface area contributed by atoms with Crippen LogP contribution in [0.3, 0.4) is 0 Å². The van der Waals surface area contributed by atoms with E-state index in [1.54, 1.807) is 13.0 Å². The zero-order chi connectivity index (χ0) is 16.6. The number of nitrogens with one attached hydrogen (secondary N) is 1. The third-order valence-electron chi connectivity index (χ3n) is 2.81. The molecule has 0 amide bonds. The zero-order valence-electron chi connectivity index (χ0n) is 12.3. The molecule has 0 aromatic heterocycles. The van der Waals surface area contributed by atoms with Crippen LogP contribution in [0, 0.1) is 0 Å². The first-order chi connectivity index (χ1) is 10.4. The van der Waals surface area contributed by atoms with E-state index in [-0.39, 0.29) is 26.8 Å². The van der Waals surface area contributed by atoms with E-state index in [0.717, 1.165) is 0 Å². The van der Waals surface area contributed by atoms with Crippen LogP contribution in [-0.4, -0.2) is 33.4 Å². The summed E-state index contributed by atoms with van der Waals surface area (Å²) in [5.41, 5.74) is 0. The number of carbonyl (C=O) groups excluding carboxylic acids is 1. The molecule has 0 saturated carbocycles.